The van der Waals surface area contributed by atoms with Gasteiger partial charge in [0.25, 0.3) is 5.91 Å². The van der Waals surface area contributed by atoms with Gasteiger partial charge in [0.2, 0.25) is 5.91 Å². The summed E-state index contributed by atoms with van der Waals surface area (Å²) in [5.74, 6) is -0.0890. The molecule has 1 fully saturated rings. The van der Waals surface area contributed by atoms with Crippen molar-refractivity contribution in [1.82, 2.24) is 4.98 Å². The van der Waals surface area contributed by atoms with E-state index in [-0.39, 0.29) is 11.8 Å². The maximum Gasteiger partial charge on any atom is 0.255 e. The highest BCUT2D eigenvalue weighted by Gasteiger charge is 2.22. The highest BCUT2D eigenvalue weighted by Crippen LogP contribution is 2.25. The predicted octanol–water partition coefficient (Wildman–Crippen LogP) is 4.50. The van der Waals surface area contributed by atoms with Crippen molar-refractivity contribution in [3.63, 3.8) is 0 Å². The van der Waals surface area contributed by atoms with Gasteiger partial charge in [0.15, 0.2) is 0 Å². The van der Waals surface area contributed by atoms with Gasteiger partial charge in [-0.25, -0.2) is 4.98 Å². The van der Waals surface area contributed by atoms with Gasteiger partial charge in [-0.05, 0) is 43.7 Å². The molecule has 5 nitrogen and oxygen atoms in total. The summed E-state index contributed by atoms with van der Waals surface area (Å²) in [5.41, 5.74) is 3.89. The molecule has 1 N–H and O–H groups in total. The van der Waals surface area contributed by atoms with Gasteiger partial charge in [-0.3, -0.25) is 9.59 Å². The molecule has 0 bridgehead atoms. The Balaban J connectivity index is 1.53. The summed E-state index contributed by atoms with van der Waals surface area (Å²) in [7, 11) is 0. The van der Waals surface area contributed by atoms with Gasteiger partial charge in [0.05, 0.1) is 10.7 Å². The summed E-state index contributed by atoms with van der Waals surface area (Å²) >= 11 is 1.60. The molecular formula is C21H19N3O2S. The van der Waals surface area contributed by atoms with E-state index in [2.05, 4.69) is 10.3 Å². The monoisotopic (exact) mass is 377 g/mol. The molecule has 1 aromatic heterocycles. The van der Waals surface area contributed by atoms with E-state index in [9.17, 15) is 9.59 Å². The first-order valence-electron chi connectivity index (χ1n) is 8.84. The second-order valence-corrected chi connectivity index (χ2v) is 7.55. The Bertz CT molecular complexity index is 1010. The van der Waals surface area contributed by atoms with E-state index in [1.807, 2.05) is 48.7 Å². The van der Waals surface area contributed by atoms with Crippen molar-refractivity contribution < 1.29 is 9.59 Å². The van der Waals surface area contributed by atoms with Crippen molar-refractivity contribution in [1.29, 1.82) is 0 Å². The molecule has 136 valence electrons. The van der Waals surface area contributed by atoms with Crippen LogP contribution in [-0.2, 0) is 4.79 Å². The number of aromatic nitrogens is 1. The third-order valence-electron chi connectivity index (χ3n) is 4.53. The van der Waals surface area contributed by atoms with Crippen molar-refractivity contribution in [2.75, 3.05) is 16.8 Å². The minimum absolute atomic E-state index is 0.110. The lowest BCUT2D eigenvalue weighted by Crippen LogP contribution is -2.24. The molecule has 0 unspecified atom stereocenters. The molecule has 2 heterocycles. The largest absolute Gasteiger partial charge is 0.322 e. The summed E-state index contributed by atoms with van der Waals surface area (Å²) in [4.78, 5) is 30.9. The smallest absolute Gasteiger partial charge is 0.255 e. The number of hydrogen-bond donors (Lipinski definition) is 1. The number of hydrogen-bond acceptors (Lipinski definition) is 4. The van der Waals surface area contributed by atoms with E-state index in [1.165, 1.54) is 0 Å². The molecule has 0 aliphatic carbocycles. The molecule has 4 rings (SSSR count). The van der Waals surface area contributed by atoms with Crippen LogP contribution in [0.15, 0.2) is 53.9 Å². The van der Waals surface area contributed by atoms with Crippen LogP contribution in [0.25, 0.3) is 11.3 Å². The maximum absolute atomic E-state index is 12.7. The van der Waals surface area contributed by atoms with Crippen LogP contribution in [0.4, 0.5) is 11.4 Å². The van der Waals surface area contributed by atoms with E-state index in [4.69, 9.17) is 0 Å². The Morgan fingerprint density at radius 2 is 2.04 bits per heavy atom. The number of aryl methyl sites for hydroxylation is 1. The SMILES string of the molecule is Cc1nc(-c2cccc(NC(=O)c3cccc(N4CCCC4=O)c3)c2)cs1. The number of nitrogens with one attached hydrogen (secondary N) is 1. The Morgan fingerprint density at radius 3 is 2.78 bits per heavy atom. The molecule has 0 radical (unpaired) electrons. The average Bonchev–Trinajstić information content (AvgIpc) is 3.30. The molecule has 27 heavy (non-hydrogen) atoms. The topological polar surface area (TPSA) is 62.3 Å². The quantitative estimate of drug-likeness (QED) is 0.728. The number of thiazole rings is 1. The zero-order valence-electron chi connectivity index (χ0n) is 14.9. The lowest BCUT2D eigenvalue weighted by Gasteiger charge is -2.16. The van der Waals surface area contributed by atoms with Crippen LogP contribution < -0.4 is 10.2 Å². The van der Waals surface area contributed by atoms with Gasteiger partial charge in [0, 0.05) is 40.8 Å². The third-order valence-corrected chi connectivity index (χ3v) is 5.30. The van der Waals surface area contributed by atoms with Gasteiger partial charge in [-0.2, -0.15) is 0 Å². The molecule has 3 aromatic rings. The third kappa shape index (κ3) is 3.75. The van der Waals surface area contributed by atoms with E-state index in [0.717, 1.165) is 28.4 Å². The molecule has 6 heteroatoms. The van der Waals surface area contributed by atoms with Crippen LogP contribution >= 0.6 is 11.3 Å². The number of rotatable bonds is 4. The van der Waals surface area contributed by atoms with E-state index < -0.39 is 0 Å². The van der Waals surface area contributed by atoms with Gasteiger partial charge < -0.3 is 10.2 Å². The van der Waals surface area contributed by atoms with E-state index >= 15 is 0 Å². The molecule has 1 saturated heterocycles. The highest BCUT2D eigenvalue weighted by molar-refractivity contribution is 7.09. The molecule has 1 aliphatic rings. The zero-order chi connectivity index (χ0) is 18.8. The molecule has 2 amide bonds. The van der Waals surface area contributed by atoms with E-state index in [0.29, 0.717) is 24.2 Å². The minimum atomic E-state index is -0.199. The van der Waals surface area contributed by atoms with Gasteiger partial charge in [-0.1, -0.05) is 18.2 Å². The number of nitrogens with zero attached hydrogens (tertiary/aromatic N) is 2. The second kappa shape index (κ2) is 7.32. The van der Waals surface area contributed by atoms with Crippen molar-refractivity contribution in [3.8, 4) is 11.3 Å². The number of carbonyl (C=O) groups excluding carboxylic acids is 2. The highest BCUT2D eigenvalue weighted by atomic mass is 32.1. The zero-order valence-corrected chi connectivity index (χ0v) is 15.8. The fourth-order valence-corrected chi connectivity index (χ4v) is 3.81. The van der Waals surface area contributed by atoms with Crippen molar-refractivity contribution in [2.24, 2.45) is 0 Å². The van der Waals surface area contributed by atoms with Crippen molar-refractivity contribution in [2.45, 2.75) is 19.8 Å². The van der Waals surface area contributed by atoms with Gasteiger partial charge in [-0.15, -0.1) is 11.3 Å². The van der Waals surface area contributed by atoms with Crippen LogP contribution in [0.5, 0.6) is 0 Å². The van der Waals surface area contributed by atoms with Crippen molar-refractivity contribution in [3.05, 3.63) is 64.5 Å². The summed E-state index contributed by atoms with van der Waals surface area (Å²) in [6, 6.07) is 14.9. The fourth-order valence-electron chi connectivity index (χ4n) is 3.19. The van der Waals surface area contributed by atoms with Gasteiger partial charge >= 0.3 is 0 Å². The fraction of sp³-hybridized carbons (Fsp3) is 0.190. The molecular weight excluding hydrogens is 358 g/mol. The number of carbonyl (C=O) groups is 2. The molecule has 0 atom stereocenters. The lowest BCUT2D eigenvalue weighted by molar-refractivity contribution is -0.117. The Morgan fingerprint density at radius 1 is 1.19 bits per heavy atom. The summed E-state index contributed by atoms with van der Waals surface area (Å²) in [6.07, 6.45) is 1.43. The van der Waals surface area contributed by atoms with Crippen molar-refractivity contribution >= 4 is 34.5 Å². The lowest BCUT2D eigenvalue weighted by atomic mass is 10.1. The maximum atomic E-state index is 12.7. The van der Waals surface area contributed by atoms with Crippen LogP contribution in [0.1, 0.15) is 28.2 Å². The van der Waals surface area contributed by atoms with E-state index in [1.54, 1.807) is 28.4 Å². The van der Waals surface area contributed by atoms with Crippen LogP contribution in [0.2, 0.25) is 0 Å². The van der Waals surface area contributed by atoms with Gasteiger partial charge in [0.1, 0.15) is 0 Å². The minimum Gasteiger partial charge on any atom is -0.322 e. The first-order chi connectivity index (χ1) is 13.1. The molecule has 2 aromatic carbocycles. The number of benzene rings is 2. The normalized spacial score (nSPS) is 13.8. The first-order valence-corrected chi connectivity index (χ1v) is 9.72. The summed E-state index contributed by atoms with van der Waals surface area (Å²) in [5, 5.41) is 5.95. The standard InChI is InChI=1S/C21H19N3O2S/c1-14-22-19(13-27-14)15-5-2-7-17(11-15)23-21(26)16-6-3-8-18(12-16)24-10-4-9-20(24)25/h2-3,5-8,11-13H,4,9-10H2,1H3,(H,23,26). The van der Waals surface area contributed by atoms with Crippen LogP contribution in [0.3, 0.4) is 0 Å². The molecule has 0 spiro atoms. The Hall–Kier alpha value is -2.99. The Labute approximate surface area is 161 Å². The van der Waals surface area contributed by atoms with Crippen LogP contribution in [-0.4, -0.2) is 23.3 Å². The summed E-state index contributed by atoms with van der Waals surface area (Å²) in [6.45, 7) is 2.68. The second-order valence-electron chi connectivity index (χ2n) is 6.49. The van der Waals surface area contributed by atoms with Crippen LogP contribution in [0, 0.1) is 6.92 Å². The first kappa shape index (κ1) is 17.4. The average molecular weight is 377 g/mol. The molecule has 0 saturated carbocycles. The number of anilines is 2. The molecule has 1 aliphatic heterocycles. The number of amides is 2. The Kier molecular flexibility index (Phi) is 4.73. The summed E-state index contributed by atoms with van der Waals surface area (Å²) < 4.78 is 0. The predicted molar refractivity (Wildman–Crippen MR) is 108 cm³/mol.